The third-order valence-corrected chi connectivity index (χ3v) is 9.61. The van der Waals surface area contributed by atoms with Crippen molar-refractivity contribution in [2.45, 2.75) is 74.7 Å². The summed E-state index contributed by atoms with van der Waals surface area (Å²) >= 11 is 0. The van der Waals surface area contributed by atoms with Crippen molar-refractivity contribution < 1.29 is 48.5 Å². The highest BCUT2D eigenvalue weighted by Gasteiger charge is 2.49. The van der Waals surface area contributed by atoms with Crippen molar-refractivity contribution in [3.63, 3.8) is 0 Å². The number of alkyl halides is 3. The van der Waals surface area contributed by atoms with E-state index in [9.17, 15) is 34.8 Å². The predicted molar refractivity (Wildman–Crippen MR) is 139 cm³/mol. The summed E-state index contributed by atoms with van der Waals surface area (Å²) < 4.78 is 106. The van der Waals surface area contributed by atoms with Gasteiger partial charge in [0.05, 0.1) is 25.0 Å². The van der Waals surface area contributed by atoms with Gasteiger partial charge in [0.25, 0.3) is 10.2 Å². The number of halogens is 3. The Bertz CT molecular complexity index is 1270. The molecule has 2 fully saturated rings. The fourth-order valence-corrected chi connectivity index (χ4v) is 6.39. The van der Waals surface area contributed by atoms with E-state index in [0.29, 0.717) is 37.7 Å². The maximum atomic E-state index is 12.9. The highest BCUT2D eigenvalue weighted by molar-refractivity contribution is 7.88. The topological polar surface area (TPSA) is 132 Å². The maximum absolute atomic E-state index is 12.9. The molecule has 11 nitrogen and oxygen atoms in total. The van der Waals surface area contributed by atoms with Gasteiger partial charge in [-0.1, -0.05) is 24.8 Å². The zero-order valence-corrected chi connectivity index (χ0v) is 24.0. The smallest absolute Gasteiger partial charge is 0.419 e. The Morgan fingerprint density at radius 1 is 1.15 bits per heavy atom. The second-order valence-electron chi connectivity index (χ2n) is 9.95. The molecule has 16 heteroatoms. The number of carbonyl (C=O) groups is 1. The number of para-hydroxylation sites is 1. The highest BCUT2D eigenvalue weighted by Crippen LogP contribution is 2.40. The van der Waals surface area contributed by atoms with Crippen molar-refractivity contribution in [2.75, 3.05) is 20.7 Å². The molecule has 0 bridgehead atoms. The van der Waals surface area contributed by atoms with Crippen LogP contribution in [0.1, 0.15) is 50.5 Å². The van der Waals surface area contributed by atoms with Crippen molar-refractivity contribution in [1.29, 1.82) is 0 Å². The van der Waals surface area contributed by atoms with Crippen molar-refractivity contribution in [3.8, 4) is 5.75 Å². The fraction of sp³-hybridized carbons (Fsp3) is 0.625. The van der Waals surface area contributed by atoms with Crippen LogP contribution in [-0.2, 0) is 29.8 Å². The Morgan fingerprint density at radius 2 is 1.77 bits per heavy atom. The molecule has 2 aliphatic rings. The van der Waals surface area contributed by atoms with Crippen LogP contribution in [0.2, 0.25) is 0 Å². The summed E-state index contributed by atoms with van der Waals surface area (Å²) in [4.78, 5) is 14.0. The van der Waals surface area contributed by atoms with Gasteiger partial charge in [-0.15, -0.1) is 0 Å². The van der Waals surface area contributed by atoms with Gasteiger partial charge in [0.15, 0.2) is 0 Å². The average Bonchev–Trinajstić information content (AvgIpc) is 3.16. The molecule has 1 amide bonds. The quantitative estimate of drug-likeness (QED) is 0.241. The third-order valence-electron chi connectivity index (χ3n) is 7.09. The first-order valence-electron chi connectivity index (χ1n) is 12.6. The van der Waals surface area contributed by atoms with E-state index >= 15 is 0 Å². The normalized spacial score (nSPS) is 26.1. The first-order chi connectivity index (χ1) is 18.6. The van der Waals surface area contributed by atoms with Gasteiger partial charge < -0.3 is 13.7 Å². The zero-order chi connectivity index (χ0) is 29.9. The zero-order valence-electron chi connectivity index (χ0n) is 22.3. The molecule has 226 valence electrons. The lowest BCUT2D eigenvalue weighted by Crippen LogP contribution is -2.52. The number of hydrogen-bond acceptors (Lipinski definition) is 8. The molecule has 1 aromatic rings. The molecule has 40 heavy (non-hydrogen) atoms. The van der Waals surface area contributed by atoms with Crippen molar-refractivity contribution >= 4 is 26.4 Å². The number of hydrogen-bond donors (Lipinski definition) is 1. The van der Waals surface area contributed by atoms with Gasteiger partial charge in [-0.2, -0.15) is 39.0 Å². The van der Waals surface area contributed by atoms with Crippen LogP contribution >= 0.6 is 0 Å². The van der Waals surface area contributed by atoms with Gasteiger partial charge >= 0.3 is 21.7 Å². The molecule has 3 rings (SSSR count). The largest absolute Gasteiger partial charge is 0.534 e. The Labute approximate surface area is 232 Å². The molecule has 1 aliphatic heterocycles. The van der Waals surface area contributed by atoms with E-state index < -0.39 is 44.0 Å². The molecule has 0 spiro atoms. The van der Waals surface area contributed by atoms with E-state index in [-0.39, 0.29) is 30.4 Å². The lowest BCUT2D eigenvalue weighted by molar-refractivity contribution is -0.0500. The SMILES string of the molecule is C=COC(=O)N1[C@H](C)C[C@H](NS(=O)(=O)N(C)C)[C@@H]1COC1CCC(c2ccccc2OS(=O)(=O)C(F)(F)F)CC1. The number of ether oxygens (including phenoxy) is 2. The summed E-state index contributed by atoms with van der Waals surface area (Å²) in [5.74, 6) is -0.624. The number of likely N-dealkylation sites (tertiary alicyclic amines) is 1. The summed E-state index contributed by atoms with van der Waals surface area (Å²) in [6, 6.07) is 4.05. The number of nitrogens with zero attached hydrogens (tertiary/aromatic N) is 2. The number of nitrogens with one attached hydrogen (secondary N) is 1. The first-order valence-corrected chi connectivity index (χ1v) is 15.4. The number of carbonyl (C=O) groups excluding carboxylic acids is 1. The monoisotopic (exact) mass is 613 g/mol. The van der Waals surface area contributed by atoms with Crippen LogP contribution < -0.4 is 8.91 Å². The molecule has 1 heterocycles. The second-order valence-corrected chi connectivity index (χ2v) is 13.4. The van der Waals surface area contributed by atoms with Crippen molar-refractivity contribution in [2.24, 2.45) is 0 Å². The van der Waals surface area contributed by atoms with Gasteiger partial charge in [0.1, 0.15) is 5.75 Å². The number of rotatable bonds is 10. The Hall–Kier alpha value is -2.40. The first kappa shape index (κ1) is 32.1. The number of benzene rings is 1. The molecular weight excluding hydrogens is 579 g/mol. The minimum absolute atomic E-state index is 0.00998. The molecule has 0 aromatic heterocycles. The summed E-state index contributed by atoms with van der Waals surface area (Å²) in [7, 11) is -6.84. The molecule has 1 saturated heterocycles. The van der Waals surface area contributed by atoms with Crippen LogP contribution in [0.25, 0.3) is 0 Å². The maximum Gasteiger partial charge on any atom is 0.534 e. The van der Waals surface area contributed by atoms with Crippen LogP contribution in [0.3, 0.4) is 0 Å². The van der Waals surface area contributed by atoms with Gasteiger partial charge in [0, 0.05) is 26.2 Å². The van der Waals surface area contributed by atoms with Crippen LogP contribution in [-0.4, -0.2) is 82.6 Å². The summed E-state index contributed by atoms with van der Waals surface area (Å²) in [6.45, 7) is 5.17. The van der Waals surface area contributed by atoms with E-state index in [0.717, 1.165) is 10.6 Å². The summed E-state index contributed by atoms with van der Waals surface area (Å²) in [6.07, 6.45) is 2.33. The molecular formula is C24H34F3N3O8S2. The molecule has 3 atom stereocenters. The van der Waals surface area contributed by atoms with Gasteiger partial charge in [-0.05, 0) is 56.6 Å². The van der Waals surface area contributed by atoms with Crippen LogP contribution in [0.15, 0.2) is 37.1 Å². The predicted octanol–water partition coefficient (Wildman–Crippen LogP) is 3.47. The minimum atomic E-state index is -5.81. The van der Waals surface area contributed by atoms with Crippen molar-refractivity contribution in [1.82, 2.24) is 13.9 Å². The average molecular weight is 614 g/mol. The Balaban J connectivity index is 1.68. The molecule has 0 unspecified atom stereocenters. The lowest BCUT2D eigenvalue weighted by Gasteiger charge is -2.33. The molecule has 0 radical (unpaired) electrons. The van der Waals surface area contributed by atoms with Crippen LogP contribution in [0.4, 0.5) is 18.0 Å². The third kappa shape index (κ3) is 7.46. The standard InChI is InChI=1S/C24H34F3N3O8S2/c1-5-36-23(31)30-16(2)14-20(28-40(34,35)29(3)4)21(30)15-37-18-12-10-17(11-13-18)19-8-6-7-9-22(19)38-39(32,33)24(25,26)27/h5-9,16-18,20-21,28H,1,10-15H2,2-4H3/t16-,17?,18?,20+,21+/m1/s1. The summed E-state index contributed by atoms with van der Waals surface area (Å²) in [5, 5.41) is 0. The molecule has 1 saturated carbocycles. The summed E-state index contributed by atoms with van der Waals surface area (Å²) in [5.41, 5.74) is -5.19. The van der Waals surface area contributed by atoms with E-state index in [1.165, 1.54) is 37.2 Å². The minimum Gasteiger partial charge on any atom is -0.419 e. The molecule has 1 aromatic carbocycles. The van der Waals surface area contributed by atoms with Gasteiger partial charge in [-0.25, -0.2) is 4.79 Å². The van der Waals surface area contributed by atoms with E-state index in [2.05, 4.69) is 15.5 Å². The molecule has 1 N–H and O–H groups in total. The lowest BCUT2D eigenvalue weighted by atomic mass is 9.82. The second kappa shape index (κ2) is 12.6. The fourth-order valence-electron chi connectivity index (χ4n) is 5.06. The van der Waals surface area contributed by atoms with Crippen LogP contribution in [0.5, 0.6) is 5.75 Å². The Morgan fingerprint density at radius 3 is 2.35 bits per heavy atom. The van der Waals surface area contributed by atoms with Gasteiger partial charge in [-0.3, -0.25) is 4.90 Å². The highest BCUT2D eigenvalue weighted by atomic mass is 32.2. The van der Waals surface area contributed by atoms with Crippen molar-refractivity contribution in [3.05, 3.63) is 42.7 Å². The van der Waals surface area contributed by atoms with Gasteiger partial charge in [0.2, 0.25) is 0 Å². The van der Waals surface area contributed by atoms with E-state index in [1.54, 1.807) is 13.0 Å². The van der Waals surface area contributed by atoms with Crippen LogP contribution in [0, 0.1) is 0 Å². The molecule has 1 aliphatic carbocycles. The van der Waals surface area contributed by atoms with E-state index in [4.69, 9.17) is 9.47 Å². The number of amides is 1. The Kier molecular flexibility index (Phi) is 10.1. The van der Waals surface area contributed by atoms with E-state index in [1.807, 2.05) is 0 Å².